The fourth-order valence-electron chi connectivity index (χ4n) is 2.45. The van der Waals surface area contributed by atoms with E-state index < -0.39 is 0 Å². The molecule has 0 fully saturated rings. The lowest BCUT2D eigenvalue weighted by Gasteiger charge is -2.05. The first-order valence-electron chi connectivity index (χ1n) is 6.32. The van der Waals surface area contributed by atoms with Gasteiger partial charge < -0.3 is 4.57 Å². The molecule has 0 unspecified atom stereocenters. The van der Waals surface area contributed by atoms with Crippen LogP contribution in [0.15, 0.2) is 30.5 Å². The maximum Gasteiger partial charge on any atom is 0.150 e. The van der Waals surface area contributed by atoms with E-state index in [0.29, 0.717) is 17.3 Å². The minimum Gasteiger partial charge on any atom is -0.343 e. The number of aldehydes is 1. The van der Waals surface area contributed by atoms with Gasteiger partial charge in [-0.15, -0.1) is 0 Å². The zero-order valence-corrected chi connectivity index (χ0v) is 12.1. The Morgan fingerprint density at radius 1 is 1.35 bits per heavy atom. The summed E-state index contributed by atoms with van der Waals surface area (Å²) in [6.07, 6.45) is 2.86. The number of fused-ring (bicyclic) bond motifs is 1. The minimum absolute atomic E-state index is 0.661. The maximum absolute atomic E-state index is 10.8. The number of rotatable bonds is 3. The fourth-order valence-corrected chi connectivity index (χ4v) is 2.69. The summed E-state index contributed by atoms with van der Waals surface area (Å²) in [4.78, 5) is 10.8. The number of carbonyl (C=O) groups is 1. The van der Waals surface area contributed by atoms with Gasteiger partial charge in [0.05, 0.1) is 12.2 Å². The van der Waals surface area contributed by atoms with Crippen LogP contribution in [0.2, 0.25) is 5.15 Å². The van der Waals surface area contributed by atoms with Crippen LogP contribution in [0.1, 0.15) is 21.6 Å². The van der Waals surface area contributed by atoms with Gasteiger partial charge >= 0.3 is 0 Å². The zero-order valence-electron chi connectivity index (χ0n) is 11.3. The molecule has 0 atom stereocenters. The molecule has 0 saturated heterocycles. The molecule has 1 aromatic carbocycles. The number of hydrogen-bond donors (Lipinski definition) is 0. The number of hydrogen-bond acceptors (Lipinski definition) is 2. The maximum atomic E-state index is 10.8. The van der Waals surface area contributed by atoms with Crippen molar-refractivity contribution in [1.82, 2.24) is 14.3 Å². The lowest BCUT2D eigenvalue weighted by molar-refractivity contribution is 0.112. The van der Waals surface area contributed by atoms with Gasteiger partial charge in [-0.3, -0.25) is 9.48 Å². The topological polar surface area (TPSA) is 39.8 Å². The highest BCUT2D eigenvalue weighted by atomic mass is 35.5. The highest BCUT2D eigenvalue weighted by molar-refractivity contribution is 6.30. The number of aromatic nitrogens is 3. The quantitative estimate of drug-likeness (QED) is 0.694. The minimum atomic E-state index is 0.661. The van der Waals surface area contributed by atoms with Gasteiger partial charge in [0.2, 0.25) is 0 Å². The van der Waals surface area contributed by atoms with Crippen LogP contribution in [0.3, 0.4) is 0 Å². The van der Waals surface area contributed by atoms with Crippen LogP contribution >= 0.6 is 11.6 Å². The van der Waals surface area contributed by atoms with Crippen molar-refractivity contribution in [2.24, 2.45) is 7.05 Å². The Morgan fingerprint density at radius 3 is 2.80 bits per heavy atom. The van der Waals surface area contributed by atoms with E-state index in [1.807, 2.05) is 44.4 Å². The van der Waals surface area contributed by atoms with Crippen molar-refractivity contribution in [3.8, 4) is 0 Å². The van der Waals surface area contributed by atoms with E-state index in [-0.39, 0.29) is 0 Å². The second kappa shape index (κ2) is 4.80. The van der Waals surface area contributed by atoms with E-state index in [9.17, 15) is 4.79 Å². The van der Waals surface area contributed by atoms with Crippen molar-refractivity contribution >= 4 is 28.8 Å². The van der Waals surface area contributed by atoms with Gasteiger partial charge in [-0.25, -0.2) is 0 Å². The summed E-state index contributed by atoms with van der Waals surface area (Å²) in [7, 11) is 1.84. The first-order chi connectivity index (χ1) is 9.60. The summed E-state index contributed by atoms with van der Waals surface area (Å²) in [5.74, 6) is 0. The van der Waals surface area contributed by atoms with E-state index in [0.717, 1.165) is 28.4 Å². The van der Waals surface area contributed by atoms with Crippen LogP contribution in [0.4, 0.5) is 0 Å². The molecule has 0 aliphatic rings. The number of benzene rings is 1. The standard InChI is InChI=1S/C15H14ClN3O/c1-10-13(15(16)18(2)17-10)8-19-6-5-12-7-11(9-20)3-4-14(12)19/h3-7,9H,8H2,1-2H3. The van der Waals surface area contributed by atoms with Gasteiger partial charge in [-0.05, 0) is 31.2 Å². The highest BCUT2D eigenvalue weighted by Crippen LogP contribution is 2.23. The van der Waals surface area contributed by atoms with Crippen molar-refractivity contribution in [3.05, 3.63) is 52.4 Å². The molecule has 0 saturated carbocycles. The molecule has 4 nitrogen and oxygen atoms in total. The van der Waals surface area contributed by atoms with Crippen LogP contribution < -0.4 is 0 Å². The first-order valence-corrected chi connectivity index (χ1v) is 6.70. The molecule has 5 heteroatoms. The largest absolute Gasteiger partial charge is 0.343 e. The smallest absolute Gasteiger partial charge is 0.150 e. The van der Waals surface area contributed by atoms with Gasteiger partial charge in [-0.1, -0.05) is 11.6 Å². The van der Waals surface area contributed by atoms with Crippen molar-refractivity contribution in [3.63, 3.8) is 0 Å². The molecule has 0 aliphatic heterocycles. The Bertz CT molecular complexity index is 801. The Hall–Kier alpha value is -2.07. The molecule has 3 aromatic rings. The Kier molecular flexibility index (Phi) is 3.10. The summed E-state index contributed by atoms with van der Waals surface area (Å²) in [5.41, 5.74) is 3.72. The molecule has 0 bridgehead atoms. The van der Waals surface area contributed by atoms with Crippen LogP contribution in [0.5, 0.6) is 0 Å². The Morgan fingerprint density at radius 2 is 2.15 bits per heavy atom. The second-order valence-corrected chi connectivity index (χ2v) is 5.22. The first kappa shape index (κ1) is 12.9. The van der Waals surface area contributed by atoms with Gasteiger partial charge in [0, 0.05) is 35.3 Å². The molecule has 0 N–H and O–H groups in total. The van der Waals surface area contributed by atoms with Crippen LogP contribution in [0.25, 0.3) is 10.9 Å². The monoisotopic (exact) mass is 287 g/mol. The van der Waals surface area contributed by atoms with Gasteiger partial charge in [-0.2, -0.15) is 5.10 Å². The fraction of sp³-hybridized carbons (Fsp3) is 0.200. The van der Waals surface area contributed by atoms with Crippen molar-refractivity contribution < 1.29 is 4.79 Å². The average molecular weight is 288 g/mol. The van der Waals surface area contributed by atoms with E-state index in [1.54, 1.807) is 4.68 Å². The SMILES string of the molecule is Cc1nn(C)c(Cl)c1Cn1ccc2cc(C=O)ccc21. The summed E-state index contributed by atoms with van der Waals surface area (Å²) in [6, 6.07) is 7.67. The number of aryl methyl sites for hydroxylation is 2. The molecule has 20 heavy (non-hydrogen) atoms. The van der Waals surface area contributed by atoms with Gasteiger partial charge in [0.25, 0.3) is 0 Å². The molecule has 0 radical (unpaired) electrons. The summed E-state index contributed by atoms with van der Waals surface area (Å²) >= 11 is 6.27. The third kappa shape index (κ3) is 2.02. The summed E-state index contributed by atoms with van der Waals surface area (Å²) in [5, 5.41) is 6.03. The van der Waals surface area contributed by atoms with Crippen molar-refractivity contribution in [1.29, 1.82) is 0 Å². The molecule has 0 spiro atoms. The molecular weight excluding hydrogens is 274 g/mol. The number of halogens is 1. The zero-order chi connectivity index (χ0) is 14.3. The summed E-state index contributed by atoms with van der Waals surface area (Å²) in [6.45, 7) is 2.62. The molecule has 3 rings (SSSR count). The molecular formula is C15H14ClN3O. The third-order valence-electron chi connectivity index (χ3n) is 3.53. The van der Waals surface area contributed by atoms with Crippen LogP contribution in [0, 0.1) is 6.92 Å². The molecule has 0 aliphatic carbocycles. The van der Waals surface area contributed by atoms with E-state index >= 15 is 0 Å². The van der Waals surface area contributed by atoms with E-state index in [4.69, 9.17) is 11.6 Å². The predicted octanol–water partition coefficient (Wildman–Crippen LogP) is 3.20. The predicted molar refractivity (Wildman–Crippen MR) is 79.4 cm³/mol. The second-order valence-electron chi connectivity index (χ2n) is 4.86. The lowest BCUT2D eigenvalue weighted by Crippen LogP contribution is -1.99. The third-order valence-corrected chi connectivity index (χ3v) is 4.00. The normalized spacial score (nSPS) is 11.2. The van der Waals surface area contributed by atoms with Gasteiger partial charge in [0.1, 0.15) is 11.4 Å². The van der Waals surface area contributed by atoms with Crippen LogP contribution in [-0.2, 0) is 13.6 Å². The van der Waals surface area contributed by atoms with Gasteiger partial charge in [0.15, 0.2) is 0 Å². The van der Waals surface area contributed by atoms with E-state index in [2.05, 4.69) is 9.67 Å². The Labute approximate surface area is 121 Å². The van der Waals surface area contributed by atoms with Crippen molar-refractivity contribution in [2.45, 2.75) is 13.5 Å². The number of nitrogens with zero attached hydrogens (tertiary/aromatic N) is 3. The number of carbonyl (C=O) groups excluding carboxylic acids is 1. The summed E-state index contributed by atoms with van der Waals surface area (Å²) < 4.78 is 3.79. The highest BCUT2D eigenvalue weighted by Gasteiger charge is 2.12. The van der Waals surface area contributed by atoms with Crippen molar-refractivity contribution in [2.75, 3.05) is 0 Å². The van der Waals surface area contributed by atoms with E-state index in [1.165, 1.54) is 0 Å². The molecule has 0 amide bonds. The lowest BCUT2D eigenvalue weighted by atomic mass is 10.2. The molecule has 102 valence electrons. The molecule has 2 heterocycles. The average Bonchev–Trinajstić information content (AvgIpc) is 2.95. The molecule has 2 aromatic heterocycles. The van der Waals surface area contributed by atoms with Crippen LogP contribution in [-0.4, -0.2) is 20.6 Å². The Balaban J connectivity index is 2.05.